The predicted octanol–water partition coefficient (Wildman–Crippen LogP) is 0.187. The molecule has 0 heterocycles. The van der Waals surface area contributed by atoms with Gasteiger partial charge in [-0.1, -0.05) is 15.9 Å². The van der Waals surface area contributed by atoms with Crippen LogP contribution in [0.1, 0.15) is 27.7 Å². The molecule has 19 heavy (non-hydrogen) atoms. The highest BCUT2D eigenvalue weighted by atomic mass is 79.9. The molecule has 1 unspecified atom stereocenters. The third-order valence-corrected chi connectivity index (χ3v) is 1.89. The Labute approximate surface area is 117 Å². The van der Waals surface area contributed by atoms with E-state index in [0.717, 1.165) is 20.8 Å². The second-order valence-electron chi connectivity index (χ2n) is 3.44. The van der Waals surface area contributed by atoms with Gasteiger partial charge < -0.3 is 14.2 Å². The summed E-state index contributed by atoms with van der Waals surface area (Å²) in [6.07, 6.45) is -2.61. The monoisotopic (exact) mass is 339 g/mol. The van der Waals surface area contributed by atoms with E-state index in [1.54, 1.807) is 0 Å². The lowest BCUT2D eigenvalue weighted by molar-refractivity contribution is -0.338. The zero-order valence-corrected chi connectivity index (χ0v) is 12.4. The van der Waals surface area contributed by atoms with Crippen LogP contribution in [-0.2, 0) is 33.4 Å². The minimum absolute atomic E-state index is 0.700. The van der Waals surface area contributed by atoms with Crippen molar-refractivity contribution in [2.45, 2.75) is 38.6 Å². The quantitative estimate of drug-likeness (QED) is 0.432. The molecule has 108 valence electrons. The average molecular weight is 340 g/mol. The average Bonchev–Trinajstić information content (AvgIpc) is 2.12. The van der Waals surface area contributed by atoms with Gasteiger partial charge in [-0.3, -0.25) is 19.2 Å². The minimum atomic E-state index is -2.61. The van der Waals surface area contributed by atoms with Crippen molar-refractivity contribution in [2.24, 2.45) is 0 Å². The summed E-state index contributed by atoms with van der Waals surface area (Å²) in [5, 5.41) is 2.01. The number of carbonyl (C=O) groups excluding carboxylic acids is 4. The van der Waals surface area contributed by atoms with Crippen molar-refractivity contribution in [2.75, 3.05) is 0 Å². The summed E-state index contributed by atoms with van der Waals surface area (Å²) in [4.78, 5) is 43.9. The van der Waals surface area contributed by atoms with Gasteiger partial charge in [-0.15, -0.1) is 0 Å². The third kappa shape index (κ3) is 6.75. The lowest BCUT2D eigenvalue weighted by Crippen LogP contribution is -2.58. The van der Waals surface area contributed by atoms with E-state index in [2.05, 4.69) is 30.1 Å². The Morgan fingerprint density at radius 3 is 1.47 bits per heavy atom. The van der Waals surface area contributed by atoms with E-state index in [0.29, 0.717) is 0 Å². The molecule has 1 amide bonds. The van der Waals surface area contributed by atoms with E-state index in [9.17, 15) is 19.2 Å². The summed E-state index contributed by atoms with van der Waals surface area (Å²) in [5.41, 5.74) is 0. The maximum absolute atomic E-state index is 11.6. The molecule has 9 heteroatoms. The highest BCUT2D eigenvalue weighted by molar-refractivity contribution is 9.10. The molecular formula is C10H14BrNO7. The number of hydrogen-bond acceptors (Lipinski definition) is 7. The van der Waals surface area contributed by atoms with E-state index in [4.69, 9.17) is 0 Å². The van der Waals surface area contributed by atoms with Gasteiger partial charge in [-0.2, -0.15) is 0 Å². The summed E-state index contributed by atoms with van der Waals surface area (Å²) < 4.78 is 13.8. The van der Waals surface area contributed by atoms with Gasteiger partial charge in [0.05, 0.1) is 4.83 Å². The van der Waals surface area contributed by atoms with Crippen molar-refractivity contribution < 1.29 is 33.4 Å². The van der Waals surface area contributed by atoms with E-state index in [1.807, 2.05) is 5.32 Å². The fourth-order valence-corrected chi connectivity index (χ4v) is 1.07. The number of amides is 1. The van der Waals surface area contributed by atoms with Crippen LogP contribution in [-0.4, -0.2) is 34.7 Å². The molecule has 0 aliphatic heterocycles. The Morgan fingerprint density at radius 1 is 0.947 bits per heavy atom. The van der Waals surface area contributed by atoms with Crippen LogP contribution in [0, 0.1) is 0 Å². The van der Waals surface area contributed by atoms with Crippen LogP contribution in [0.15, 0.2) is 0 Å². The van der Waals surface area contributed by atoms with E-state index < -0.39 is 34.7 Å². The van der Waals surface area contributed by atoms with Crippen molar-refractivity contribution in [3.05, 3.63) is 0 Å². The first-order chi connectivity index (χ1) is 8.58. The fourth-order valence-electron chi connectivity index (χ4n) is 0.957. The molecule has 0 saturated heterocycles. The Balaban J connectivity index is 5.32. The first-order valence-corrected chi connectivity index (χ1v) is 6.04. The molecule has 8 nitrogen and oxygen atoms in total. The molecule has 1 atom stereocenters. The van der Waals surface area contributed by atoms with Crippen molar-refractivity contribution in [3.63, 3.8) is 0 Å². The molecule has 0 saturated carbocycles. The van der Waals surface area contributed by atoms with Gasteiger partial charge in [0.25, 0.3) is 0 Å². The summed E-state index contributed by atoms with van der Waals surface area (Å²) in [7, 11) is 0. The van der Waals surface area contributed by atoms with Gasteiger partial charge in [0, 0.05) is 20.8 Å². The van der Waals surface area contributed by atoms with E-state index in [1.165, 1.54) is 6.92 Å². The van der Waals surface area contributed by atoms with Crippen LogP contribution in [0.2, 0.25) is 0 Å². The summed E-state index contributed by atoms with van der Waals surface area (Å²) >= 11 is 2.96. The number of esters is 3. The predicted molar refractivity (Wildman–Crippen MR) is 64.6 cm³/mol. The molecular weight excluding hydrogens is 326 g/mol. The molecule has 0 aliphatic rings. The first-order valence-electron chi connectivity index (χ1n) is 5.13. The number of nitrogens with one attached hydrogen (secondary N) is 1. The molecule has 0 aromatic rings. The SMILES string of the molecule is CC(=O)OC(NC(=O)C(C)Br)(OC(C)=O)OC(C)=O. The van der Waals surface area contributed by atoms with Crippen LogP contribution in [0.5, 0.6) is 0 Å². The molecule has 0 aromatic heterocycles. The number of halogens is 1. The Bertz CT molecular complexity index is 353. The number of hydrogen-bond donors (Lipinski definition) is 1. The molecule has 0 aromatic carbocycles. The lowest BCUT2D eigenvalue weighted by Gasteiger charge is -2.30. The van der Waals surface area contributed by atoms with E-state index in [-0.39, 0.29) is 0 Å². The maximum atomic E-state index is 11.6. The van der Waals surface area contributed by atoms with Crippen molar-refractivity contribution in [1.29, 1.82) is 0 Å². The third-order valence-electron chi connectivity index (χ3n) is 1.47. The molecule has 0 aliphatic carbocycles. The number of rotatable bonds is 5. The van der Waals surface area contributed by atoms with Crippen LogP contribution in [0.4, 0.5) is 0 Å². The Hall–Kier alpha value is -1.64. The molecule has 1 N–H and O–H groups in total. The molecule has 0 spiro atoms. The lowest BCUT2D eigenvalue weighted by atomic mass is 10.4. The molecule has 0 radical (unpaired) electrons. The van der Waals surface area contributed by atoms with Gasteiger partial charge in [0.15, 0.2) is 0 Å². The van der Waals surface area contributed by atoms with Gasteiger partial charge in [-0.25, -0.2) is 5.32 Å². The van der Waals surface area contributed by atoms with E-state index >= 15 is 0 Å². The Kier molecular flexibility index (Phi) is 6.46. The van der Waals surface area contributed by atoms with Gasteiger partial charge >= 0.3 is 24.0 Å². The van der Waals surface area contributed by atoms with Crippen LogP contribution < -0.4 is 5.32 Å². The number of ether oxygens (including phenoxy) is 3. The van der Waals surface area contributed by atoms with Crippen molar-refractivity contribution >= 4 is 39.7 Å². The van der Waals surface area contributed by atoms with Crippen LogP contribution in [0.25, 0.3) is 0 Å². The minimum Gasteiger partial charge on any atom is -0.369 e. The van der Waals surface area contributed by atoms with Crippen molar-refractivity contribution in [3.8, 4) is 0 Å². The summed E-state index contributed by atoms with van der Waals surface area (Å²) in [6, 6.07) is 0. The highest BCUT2D eigenvalue weighted by Gasteiger charge is 2.44. The maximum Gasteiger partial charge on any atom is 0.526 e. The fraction of sp³-hybridized carbons (Fsp3) is 0.600. The zero-order chi connectivity index (χ0) is 15.2. The highest BCUT2D eigenvalue weighted by Crippen LogP contribution is 2.15. The normalized spacial score (nSPS) is 12.1. The largest absolute Gasteiger partial charge is 0.526 e. The number of alkyl halides is 1. The second-order valence-corrected chi connectivity index (χ2v) is 4.82. The first kappa shape index (κ1) is 17.4. The van der Waals surface area contributed by atoms with Crippen LogP contribution in [0.3, 0.4) is 0 Å². The molecule has 0 rings (SSSR count). The Morgan fingerprint density at radius 2 is 1.26 bits per heavy atom. The van der Waals surface area contributed by atoms with Crippen LogP contribution >= 0.6 is 15.9 Å². The van der Waals surface area contributed by atoms with Crippen molar-refractivity contribution in [1.82, 2.24) is 5.32 Å². The molecule has 0 fully saturated rings. The van der Waals surface area contributed by atoms with Gasteiger partial charge in [0.1, 0.15) is 0 Å². The smallest absolute Gasteiger partial charge is 0.369 e. The number of carbonyl (C=O) groups is 4. The topological polar surface area (TPSA) is 108 Å². The standard InChI is InChI=1S/C10H14BrNO7/c1-5(11)9(16)12-10(17-6(2)13,18-7(3)14)19-8(4)15/h5H,1-4H3,(H,12,16). The second kappa shape index (κ2) is 7.07. The molecule has 0 bridgehead atoms. The summed E-state index contributed by atoms with van der Waals surface area (Å²) in [5.74, 6) is -3.50. The summed E-state index contributed by atoms with van der Waals surface area (Å²) in [6.45, 7) is 4.44. The zero-order valence-electron chi connectivity index (χ0n) is 10.8. The van der Waals surface area contributed by atoms with Gasteiger partial charge in [-0.05, 0) is 6.92 Å². The van der Waals surface area contributed by atoms with Gasteiger partial charge in [0.2, 0.25) is 5.91 Å².